The molecule has 3 nitrogen and oxygen atoms in total. The molecular formula is C19H38O3S. The Balaban J connectivity index is 3.79. The number of ether oxygens (including phenoxy) is 2. The van der Waals surface area contributed by atoms with Gasteiger partial charge in [-0.1, -0.05) is 63.6 Å². The fourth-order valence-corrected chi connectivity index (χ4v) is 2.98. The summed E-state index contributed by atoms with van der Waals surface area (Å²) in [6.07, 6.45) is 15.2. The first kappa shape index (κ1) is 22.9. The minimum Gasteiger partial charge on any atom is -0.379 e. The number of rotatable bonds is 17. The number of carbonyl (C=O) groups is 1. The van der Waals surface area contributed by atoms with Crippen molar-refractivity contribution in [2.45, 2.75) is 90.6 Å². The maximum Gasteiger partial charge on any atom is 0.188 e. The molecule has 0 rings (SSSR count). The lowest BCUT2D eigenvalue weighted by Gasteiger charge is -2.18. The van der Waals surface area contributed by atoms with Crippen molar-refractivity contribution in [1.82, 2.24) is 0 Å². The summed E-state index contributed by atoms with van der Waals surface area (Å²) in [6, 6.07) is 0. The molecule has 0 radical (unpaired) electrons. The van der Waals surface area contributed by atoms with Gasteiger partial charge in [0.2, 0.25) is 0 Å². The van der Waals surface area contributed by atoms with Crippen molar-refractivity contribution in [2.24, 2.45) is 0 Å². The van der Waals surface area contributed by atoms with Gasteiger partial charge in [0.05, 0.1) is 19.3 Å². The van der Waals surface area contributed by atoms with Gasteiger partial charge < -0.3 is 9.47 Å². The van der Waals surface area contributed by atoms with E-state index in [1.54, 1.807) is 0 Å². The Labute approximate surface area is 148 Å². The van der Waals surface area contributed by atoms with Gasteiger partial charge in [-0.25, -0.2) is 0 Å². The van der Waals surface area contributed by atoms with Gasteiger partial charge in [0.15, 0.2) is 5.12 Å². The number of thioether (sulfide) groups is 1. The number of hydrogen-bond acceptors (Lipinski definition) is 4. The topological polar surface area (TPSA) is 35.5 Å². The second-order valence-corrected chi connectivity index (χ2v) is 6.93. The molecule has 0 amide bonds. The maximum absolute atomic E-state index is 11.4. The van der Waals surface area contributed by atoms with Crippen LogP contribution >= 0.6 is 11.8 Å². The molecule has 0 saturated carbocycles. The van der Waals surface area contributed by atoms with Crippen molar-refractivity contribution >= 4 is 16.9 Å². The molecule has 23 heavy (non-hydrogen) atoms. The zero-order chi connectivity index (χ0) is 17.2. The highest BCUT2D eigenvalue weighted by molar-refractivity contribution is 8.13. The molecule has 0 aliphatic heterocycles. The van der Waals surface area contributed by atoms with E-state index in [1.165, 1.54) is 56.7 Å². The van der Waals surface area contributed by atoms with Crippen LogP contribution in [0.25, 0.3) is 0 Å². The van der Waals surface area contributed by atoms with Crippen LogP contribution in [0.3, 0.4) is 0 Å². The van der Waals surface area contributed by atoms with Gasteiger partial charge in [-0.05, 0) is 32.4 Å². The molecule has 0 saturated heterocycles. The van der Waals surface area contributed by atoms with Crippen LogP contribution in [-0.2, 0) is 14.3 Å². The third-order valence-electron chi connectivity index (χ3n) is 4.05. The molecule has 0 fully saturated rings. The quantitative estimate of drug-likeness (QED) is 0.321. The molecule has 0 bridgehead atoms. The van der Waals surface area contributed by atoms with E-state index < -0.39 is 0 Å². The standard InChI is InChI=1S/C19H38O3S/c1-4-6-7-8-9-10-11-13-18(22-17-16-21-5-2)14-12-15-19(20)23-3/h18H,4-17H2,1-3H3. The van der Waals surface area contributed by atoms with Crippen molar-refractivity contribution in [3.63, 3.8) is 0 Å². The number of unbranched alkanes of at least 4 members (excludes halogenated alkanes) is 6. The first-order chi connectivity index (χ1) is 11.2. The van der Waals surface area contributed by atoms with Crippen LogP contribution in [-0.4, -0.2) is 37.3 Å². The molecule has 0 spiro atoms. The van der Waals surface area contributed by atoms with Gasteiger partial charge in [-0.15, -0.1) is 0 Å². The lowest BCUT2D eigenvalue weighted by atomic mass is 10.0. The van der Waals surface area contributed by atoms with E-state index in [9.17, 15) is 4.79 Å². The minimum absolute atomic E-state index is 0.286. The maximum atomic E-state index is 11.4. The molecule has 4 heteroatoms. The van der Waals surface area contributed by atoms with Gasteiger partial charge >= 0.3 is 0 Å². The van der Waals surface area contributed by atoms with Crippen molar-refractivity contribution in [3.05, 3.63) is 0 Å². The van der Waals surface area contributed by atoms with Crippen LogP contribution in [0.4, 0.5) is 0 Å². The predicted octanol–water partition coefficient (Wildman–Crippen LogP) is 5.61. The van der Waals surface area contributed by atoms with E-state index in [2.05, 4.69) is 6.92 Å². The Morgan fingerprint density at radius 3 is 2.22 bits per heavy atom. The van der Waals surface area contributed by atoms with Crippen LogP contribution < -0.4 is 0 Å². The summed E-state index contributed by atoms with van der Waals surface area (Å²) in [5, 5.41) is 0.286. The van der Waals surface area contributed by atoms with E-state index in [1.807, 2.05) is 13.2 Å². The highest BCUT2D eigenvalue weighted by atomic mass is 32.2. The van der Waals surface area contributed by atoms with E-state index in [0.717, 1.165) is 25.9 Å². The Bertz CT molecular complexity index is 259. The van der Waals surface area contributed by atoms with Crippen molar-refractivity contribution in [2.75, 3.05) is 26.1 Å². The lowest BCUT2D eigenvalue weighted by Crippen LogP contribution is -2.17. The zero-order valence-electron chi connectivity index (χ0n) is 15.6. The molecule has 138 valence electrons. The molecule has 0 heterocycles. The normalized spacial score (nSPS) is 12.5. The van der Waals surface area contributed by atoms with Crippen molar-refractivity contribution in [1.29, 1.82) is 0 Å². The molecule has 0 aliphatic carbocycles. The summed E-state index contributed by atoms with van der Waals surface area (Å²) in [5.74, 6) is 0. The molecule has 1 unspecified atom stereocenters. The summed E-state index contributed by atoms with van der Waals surface area (Å²) in [4.78, 5) is 11.4. The molecular weight excluding hydrogens is 308 g/mol. The van der Waals surface area contributed by atoms with Crippen molar-refractivity contribution < 1.29 is 14.3 Å². The monoisotopic (exact) mass is 346 g/mol. The summed E-state index contributed by atoms with van der Waals surface area (Å²) in [6.45, 7) is 6.35. The fraction of sp³-hybridized carbons (Fsp3) is 0.947. The van der Waals surface area contributed by atoms with Crippen LogP contribution in [0.1, 0.15) is 84.5 Å². The van der Waals surface area contributed by atoms with Crippen LogP contribution in [0.15, 0.2) is 0 Å². The van der Waals surface area contributed by atoms with Crippen molar-refractivity contribution in [3.8, 4) is 0 Å². The van der Waals surface area contributed by atoms with E-state index in [4.69, 9.17) is 9.47 Å². The number of carbonyl (C=O) groups excluding carboxylic acids is 1. The first-order valence-corrected chi connectivity index (χ1v) is 10.7. The largest absolute Gasteiger partial charge is 0.379 e. The summed E-state index contributed by atoms with van der Waals surface area (Å²) in [7, 11) is 0. The fourth-order valence-electron chi connectivity index (χ4n) is 2.63. The van der Waals surface area contributed by atoms with Gasteiger partial charge in [0, 0.05) is 13.0 Å². The van der Waals surface area contributed by atoms with Crippen LogP contribution in [0.5, 0.6) is 0 Å². The molecule has 0 N–H and O–H groups in total. The highest BCUT2D eigenvalue weighted by Crippen LogP contribution is 2.16. The van der Waals surface area contributed by atoms with E-state index in [-0.39, 0.29) is 5.12 Å². The van der Waals surface area contributed by atoms with E-state index in [0.29, 0.717) is 25.7 Å². The second kappa shape index (κ2) is 18.3. The lowest BCUT2D eigenvalue weighted by molar-refractivity contribution is -0.111. The molecule has 0 aromatic heterocycles. The van der Waals surface area contributed by atoms with Gasteiger partial charge in [-0.2, -0.15) is 0 Å². The smallest absolute Gasteiger partial charge is 0.188 e. The van der Waals surface area contributed by atoms with E-state index >= 15 is 0 Å². The average molecular weight is 347 g/mol. The van der Waals surface area contributed by atoms with Gasteiger partial charge in [0.1, 0.15) is 0 Å². The Kier molecular flexibility index (Phi) is 18.2. The van der Waals surface area contributed by atoms with Gasteiger partial charge in [0.25, 0.3) is 0 Å². The summed E-state index contributed by atoms with van der Waals surface area (Å²) < 4.78 is 11.3. The third kappa shape index (κ3) is 16.6. The van der Waals surface area contributed by atoms with Crippen LogP contribution in [0.2, 0.25) is 0 Å². The number of hydrogen-bond donors (Lipinski definition) is 0. The highest BCUT2D eigenvalue weighted by Gasteiger charge is 2.10. The predicted molar refractivity (Wildman–Crippen MR) is 101 cm³/mol. The Morgan fingerprint density at radius 1 is 0.913 bits per heavy atom. The SMILES string of the molecule is CCCCCCCCCC(CCCC(=O)SC)OCCOCC. The summed E-state index contributed by atoms with van der Waals surface area (Å²) >= 11 is 1.33. The molecule has 0 aromatic carbocycles. The minimum atomic E-state index is 0.286. The average Bonchev–Trinajstić information content (AvgIpc) is 2.57. The second-order valence-electron chi connectivity index (χ2n) is 6.07. The summed E-state index contributed by atoms with van der Waals surface area (Å²) in [5.41, 5.74) is 0. The molecule has 1 atom stereocenters. The molecule has 0 aliphatic rings. The third-order valence-corrected chi connectivity index (χ3v) is 4.71. The molecule has 0 aromatic rings. The van der Waals surface area contributed by atoms with Gasteiger partial charge in [-0.3, -0.25) is 4.79 Å². The zero-order valence-corrected chi connectivity index (χ0v) is 16.4. The Hall–Kier alpha value is -0.0600. The first-order valence-electron chi connectivity index (χ1n) is 9.50. The Morgan fingerprint density at radius 2 is 1.57 bits per heavy atom. The van der Waals surface area contributed by atoms with Crippen LogP contribution in [0, 0.1) is 0 Å².